The van der Waals surface area contributed by atoms with Gasteiger partial charge in [-0.2, -0.15) is 5.26 Å². The topological polar surface area (TPSA) is 97.4 Å². The molecule has 1 aliphatic heterocycles. The van der Waals surface area contributed by atoms with E-state index < -0.39 is 0 Å². The van der Waals surface area contributed by atoms with E-state index in [1.54, 1.807) is 6.07 Å². The number of nitro benzene ring substituents is 1. The number of hydrogen-bond acceptors (Lipinski definition) is 6. The second-order valence-electron chi connectivity index (χ2n) is 6.86. The molecule has 0 fully saturated rings. The lowest BCUT2D eigenvalue weighted by Gasteiger charge is -2.38. The third kappa shape index (κ3) is 3.03. The molecule has 0 spiro atoms. The Morgan fingerprint density at radius 3 is 2.79 bits per heavy atom. The summed E-state index contributed by atoms with van der Waals surface area (Å²) < 4.78 is 10.8. The van der Waals surface area contributed by atoms with Crippen molar-refractivity contribution in [2.75, 3.05) is 19.0 Å². The van der Waals surface area contributed by atoms with Gasteiger partial charge in [0.05, 0.1) is 29.8 Å². The number of hydrogen-bond donors (Lipinski definition) is 1. The van der Waals surface area contributed by atoms with Crippen LogP contribution < -0.4 is 14.8 Å². The molecule has 0 bridgehead atoms. The van der Waals surface area contributed by atoms with Crippen LogP contribution in [0.3, 0.4) is 0 Å². The molecule has 2 aliphatic rings. The van der Waals surface area contributed by atoms with Gasteiger partial charge >= 0.3 is 0 Å². The molecule has 7 nitrogen and oxygen atoms in total. The maximum atomic E-state index is 11.3. The zero-order chi connectivity index (χ0) is 19.7. The van der Waals surface area contributed by atoms with Crippen molar-refractivity contribution >= 4 is 11.4 Å². The Morgan fingerprint density at radius 1 is 1.32 bits per heavy atom. The molecule has 0 saturated heterocycles. The molecule has 0 unspecified atom stereocenters. The molecule has 4 rings (SSSR count). The Hall–Kier alpha value is -3.53. The first-order chi connectivity index (χ1) is 13.6. The molecule has 0 saturated carbocycles. The van der Waals surface area contributed by atoms with E-state index in [9.17, 15) is 10.1 Å². The largest absolute Gasteiger partial charge is 0.494 e. The van der Waals surface area contributed by atoms with Gasteiger partial charge in [-0.3, -0.25) is 10.1 Å². The van der Waals surface area contributed by atoms with Gasteiger partial charge < -0.3 is 14.8 Å². The third-order valence-corrected chi connectivity index (χ3v) is 5.39. The lowest BCUT2D eigenvalue weighted by atomic mass is 9.76. The van der Waals surface area contributed by atoms with Crippen LogP contribution in [0.25, 0.3) is 0 Å². The van der Waals surface area contributed by atoms with Gasteiger partial charge in [-0.1, -0.05) is 24.3 Å². The number of anilines is 1. The molecule has 28 heavy (non-hydrogen) atoms. The maximum Gasteiger partial charge on any atom is 0.273 e. The van der Waals surface area contributed by atoms with Gasteiger partial charge in [0, 0.05) is 12.0 Å². The number of benzene rings is 2. The minimum Gasteiger partial charge on any atom is -0.494 e. The molecule has 142 valence electrons. The van der Waals surface area contributed by atoms with Crippen LogP contribution in [0.5, 0.6) is 11.5 Å². The SMILES string of the molecule is COc1cc([N+](=O)[O-])cc2c1N[C@H](c1ccc(OCC#N)cc1)[C@@H]1CC=C[C@H]21. The number of methoxy groups -OCH3 is 1. The van der Waals surface area contributed by atoms with E-state index in [4.69, 9.17) is 14.7 Å². The summed E-state index contributed by atoms with van der Waals surface area (Å²) in [6, 6.07) is 12.8. The minimum absolute atomic E-state index is 0.0129. The van der Waals surface area contributed by atoms with Crippen molar-refractivity contribution in [2.45, 2.75) is 18.4 Å². The van der Waals surface area contributed by atoms with Crippen LogP contribution in [-0.2, 0) is 0 Å². The Kier molecular flexibility index (Phi) is 4.62. The Balaban J connectivity index is 1.72. The zero-order valence-electron chi connectivity index (χ0n) is 15.3. The monoisotopic (exact) mass is 377 g/mol. The van der Waals surface area contributed by atoms with E-state index in [0.29, 0.717) is 11.5 Å². The second-order valence-corrected chi connectivity index (χ2v) is 6.86. The summed E-state index contributed by atoms with van der Waals surface area (Å²) in [4.78, 5) is 10.9. The normalized spacial score (nSPS) is 21.8. The number of non-ortho nitro benzene ring substituents is 1. The maximum absolute atomic E-state index is 11.3. The number of nitrogens with one attached hydrogen (secondary N) is 1. The van der Waals surface area contributed by atoms with Crippen molar-refractivity contribution in [3.05, 3.63) is 69.8 Å². The summed E-state index contributed by atoms with van der Waals surface area (Å²) in [6.45, 7) is 0.0129. The fourth-order valence-electron chi connectivity index (χ4n) is 4.14. The van der Waals surface area contributed by atoms with Gasteiger partial charge in [-0.25, -0.2) is 0 Å². The van der Waals surface area contributed by atoms with E-state index in [1.807, 2.05) is 30.3 Å². The molecule has 3 atom stereocenters. The van der Waals surface area contributed by atoms with E-state index >= 15 is 0 Å². The highest BCUT2D eigenvalue weighted by Crippen LogP contribution is 2.53. The summed E-state index contributed by atoms with van der Waals surface area (Å²) in [5.41, 5.74) is 2.83. The van der Waals surface area contributed by atoms with Gasteiger partial charge in [0.1, 0.15) is 17.6 Å². The van der Waals surface area contributed by atoms with Crippen LogP contribution in [0.2, 0.25) is 0 Å². The molecule has 0 amide bonds. The summed E-state index contributed by atoms with van der Waals surface area (Å²) in [5.74, 6) is 1.47. The van der Waals surface area contributed by atoms with Crippen molar-refractivity contribution in [1.82, 2.24) is 0 Å². The van der Waals surface area contributed by atoms with E-state index in [1.165, 1.54) is 13.2 Å². The van der Waals surface area contributed by atoms with Crippen molar-refractivity contribution in [2.24, 2.45) is 5.92 Å². The first kappa shape index (κ1) is 17.9. The lowest BCUT2D eigenvalue weighted by Crippen LogP contribution is -2.29. The molecular formula is C21H19N3O4. The number of rotatable bonds is 5. The number of nitro groups is 1. The molecule has 1 aliphatic carbocycles. The molecule has 2 aromatic carbocycles. The molecule has 2 aromatic rings. The van der Waals surface area contributed by atoms with E-state index in [2.05, 4.69) is 17.5 Å². The highest BCUT2D eigenvalue weighted by molar-refractivity contribution is 5.71. The number of allylic oxidation sites excluding steroid dienone is 2. The fourth-order valence-corrected chi connectivity index (χ4v) is 4.14. The molecule has 7 heteroatoms. The summed E-state index contributed by atoms with van der Waals surface area (Å²) in [5, 5.41) is 23.5. The lowest BCUT2D eigenvalue weighted by molar-refractivity contribution is -0.385. The van der Waals surface area contributed by atoms with Gasteiger partial charge in [-0.15, -0.1) is 0 Å². The van der Waals surface area contributed by atoms with Crippen LogP contribution in [-0.4, -0.2) is 18.6 Å². The summed E-state index contributed by atoms with van der Waals surface area (Å²) >= 11 is 0. The van der Waals surface area contributed by atoms with Crippen molar-refractivity contribution < 1.29 is 14.4 Å². The van der Waals surface area contributed by atoms with Crippen molar-refractivity contribution in [1.29, 1.82) is 5.26 Å². The first-order valence-corrected chi connectivity index (χ1v) is 9.01. The van der Waals surface area contributed by atoms with Crippen LogP contribution in [0.4, 0.5) is 11.4 Å². The van der Waals surface area contributed by atoms with Crippen LogP contribution in [0.15, 0.2) is 48.6 Å². The molecule has 0 radical (unpaired) electrons. The zero-order valence-corrected chi connectivity index (χ0v) is 15.3. The van der Waals surface area contributed by atoms with Gasteiger partial charge in [0.2, 0.25) is 0 Å². The fraction of sp³-hybridized carbons (Fsp3) is 0.286. The number of nitriles is 1. The summed E-state index contributed by atoms with van der Waals surface area (Å²) in [6.07, 6.45) is 5.15. The Bertz CT molecular complexity index is 978. The number of nitrogens with zero attached hydrogens (tertiary/aromatic N) is 2. The van der Waals surface area contributed by atoms with E-state index in [0.717, 1.165) is 23.2 Å². The van der Waals surface area contributed by atoms with Crippen LogP contribution >= 0.6 is 0 Å². The highest BCUT2D eigenvalue weighted by atomic mass is 16.6. The number of ether oxygens (including phenoxy) is 2. The predicted octanol–water partition coefficient (Wildman–Crippen LogP) is 4.33. The Labute approximate surface area is 162 Å². The average molecular weight is 377 g/mol. The Morgan fingerprint density at radius 2 is 2.11 bits per heavy atom. The smallest absolute Gasteiger partial charge is 0.273 e. The van der Waals surface area contributed by atoms with Gasteiger partial charge in [0.25, 0.3) is 5.69 Å². The van der Waals surface area contributed by atoms with Crippen molar-refractivity contribution in [3.63, 3.8) is 0 Å². The van der Waals surface area contributed by atoms with Crippen molar-refractivity contribution in [3.8, 4) is 17.6 Å². The number of fused-ring (bicyclic) bond motifs is 3. The minimum atomic E-state index is -0.386. The molecule has 1 heterocycles. The van der Waals surface area contributed by atoms with Gasteiger partial charge in [0.15, 0.2) is 6.61 Å². The highest BCUT2D eigenvalue weighted by Gasteiger charge is 2.40. The standard InChI is InChI=1S/C21H19N3O4/c1-27-19-12-14(24(25)26)11-18-16-3-2-4-17(16)20(23-21(18)19)13-5-7-15(8-6-13)28-10-9-22/h2-3,5-8,11-12,16-17,20,23H,4,10H2,1H3/t16-,17+,20+/m0/s1. The average Bonchev–Trinajstić information content (AvgIpc) is 3.21. The van der Waals surface area contributed by atoms with Gasteiger partial charge in [-0.05, 0) is 35.6 Å². The van der Waals surface area contributed by atoms with E-state index in [-0.39, 0.29) is 35.1 Å². The summed E-state index contributed by atoms with van der Waals surface area (Å²) in [7, 11) is 1.52. The molecular weight excluding hydrogens is 358 g/mol. The second kappa shape index (κ2) is 7.24. The molecule has 0 aromatic heterocycles. The molecule has 1 N–H and O–H groups in total. The van der Waals surface area contributed by atoms with Crippen LogP contribution in [0, 0.1) is 27.4 Å². The van der Waals surface area contributed by atoms with Crippen LogP contribution in [0.1, 0.15) is 29.5 Å². The first-order valence-electron chi connectivity index (χ1n) is 9.01. The quantitative estimate of drug-likeness (QED) is 0.473. The predicted molar refractivity (Wildman–Crippen MR) is 104 cm³/mol. The third-order valence-electron chi connectivity index (χ3n) is 5.39.